The highest BCUT2D eigenvalue weighted by Crippen LogP contribution is 2.49. The van der Waals surface area contributed by atoms with Gasteiger partial charge in [0.1, 0.15) is 6.10 Å². The number of amides is 1. The third kappa shape index (κ3) is 10.9. The summed E-state index contributed by atoms with van der Waals surface area (Å²) in [6.07, 6.45) is 3.80. The monoisotopic (exact) mass is 378 g/mol. The zero-order chi connectivity index (χ0) is 19.3. The van der Waals surface area contributed by atoms with Crippen LogP contribution in [0.25, 0.3) is 0 Å². The number of nitrogens with two attached hydrogens (primary N) is 1. The molecule has 0 heterocycles. The lowest BCUT2D eigenvalue weighted by molar-refractivity contribution is -0.146. The summed E-state index contributed by atoms with van der Waals surface area (Å²) >= 11 is 0. The van der Waals surface area contributed by atoms with Crippen molar-refractivity contribution in [2.45, 2.75) is 32.9 Å². The van der Waals surface area contributed by atoms with Crippen LogP contribution in [0.3, 0.4) is 0 Å². The minimum atomic E-state index is -3.91. The largest absolute Gasteiger partial charge is 0.475 e. The van der Waals surface area contributed by atoms with E-state index in [0.29, 0.717) is 0 Å². The Balaban J connectivity index is 5.18. The molecule has 0 radical (unpaired) electrons. The molecule has 144 valence electrons. The normalized spacial score (nSPS) is 16.0. The number of phosphoric ester groups is 1. The van der Waals surface area contributed by atoms with Gasteiger partial charge in [-0.1, -0.05) is 12.2 Å². The van der Waals surface area contributed by atoms with Gasteiger partial charge < -0.3 is 15.8 Å². The summed E-state index contributed by atoms with van der Waals surface area (Å²) in [4.78, 5) is 22.7. The summed E-state index contributed by atoms with van der Waals surface area (Å²) < 4.78 is 33.1. The SMILES string of the molecule is C=CCOP(=O)(OCCN)OC[C@H](NC(C)=O)[C@@H](/C=C/C)OC(C)=O. The molecule has 0 bridgehead atoms. The van der Waals surface area contributed by atoms with Crippen LogP contribution in [-0.2, 0) is 32.5 Å². The number of esters is 1. The topological polar surface area (TPSA) is 126 Å². The molecule has 10 heteroatoms. The molecule has 1 amide bonds. The van der Waals surface area contributed by atoms with Crippen LogP contribution in [0.2, 0.25) is 0 Å². The van der Waals surface area contributed by atoms with E-state index in [4.69, 9.17) is 24.0 Å². The molecule has 0 rings (SSSR count). The average molecular weight is 378 g/mol. The number of phosphoric acid groups is 1. The smallest absolute Gasteiger partial charge is 0.456 e. The second kappa shape index (κ2) is 12.8. The van der Waals surface area contributed by atoms with Crippen molar-refractivity contribution in [2.75, 3.05) is 26.4 Å². The van der Waals surface area contributed by atoms with Crippen LogP contribution in [0.5, 0.6) is 0 Å². The molecule has 0 aromatic heterocycles. The lowest BCUT2D eigenvalue weighted by atomic mass is 10.1. The van der Waals surface area contributed by atoms with Crippen LogP contribution in [0.15, 0.2) is 24.8 Å². The van der Waals surface area contributed by atoms with Crippen LogP contribution in [0.4, 0.5) is 0 Å². The first-order valence-electron chi connectivity index (χ1n) is 7.69. The highest BCUT2D eigenvalue weighted by Gasteiger charge is 2.31. The molecule has 0 aromatic carbocycles. The predicted molar refractivity (Wildman–Crippen MR) is 92.7 cm³/mol. The molecule has 0 saturated carbocycles. The summed E-state index contributed by atoms with van der Waals surface area (Å²) in [5.41, 5.74) is 5.33. The van der Waals surface area contributed by atoms with E-state index < -0.39 is 25.9 Å². The fraction of sp³-hybridized carbons (Fsp3) is 0.600. The highest BCUT2D eigenvalue weighted by molar-refractivity contribution is 7.48. The van der Waals surface area contributed by atoms with Crippen LogP contribution in [0.1, 0.15) is 20.8 Å². The Morgan fingerprint density at radius 2 is 1.96 bits per heavy atom. The van der Waals surface area contributed by atoms with Gasteiger partial charge in [0.15, 0.2) is 0 Å². The van der Waals surface area contributed by atoms with E-state index in [1.165, 1.54) is 19.9 Å². The standard InChI is InChI=1S/C15H27N2O7P/c1-5-7-15(24-13(4)19)14(17-12(3)18)11-23-25(20,21-9-6-2)22-10-8-16/h5-7,14-15H,2,8-11,16H2,1,3-4H3,(H,17,18)/b7-5+/t14-,15+,25?/m0/s1. The molecule has 0 aliphatic carbocycles. The minimum absolute atomic E-state index is 0.0402. The van der Waals surface area contributed by atoms with Gasteiger partial charge in [0.25, 0.3) is 0 Å². The Kier molecular flexibility index (Phi) is 12.0. The van der Waals surface area contributed by atoms with Gasteiger partial charge in [-0.05, 0) is 13.0 Å². The van der Waals surface area contributed by atoms with Crippen LogP contribution in [0, 0.1) is 0 Å². The van der Waals surface area contributed by atoms with Gasteiger partial charge in [-0.2, -0.15) is 0 Å². The molecule has 9 nitrogen and oxygen atoms in total. The van der Waals surface area contributed by atoms with Gasteiger partial charge in [0.2, 0.25) is 5.91 Å². The summed E-state index contributed by atoms with van der Waals surface area (Å²) in [7, 11) is -3.91. The molecule has 0 aliphatic rings. The first-order valence-corrected chi connectivity index (χ1v) is 9.15. The summed E-state index contributed by atoms with van der Waals surface area (Å²) in [6.45, 7) is 7.47. The maximum absolute atomic E-state index is 12.5. The molecular formula is C15H27N2O7P. The minimum Gasteiger partial charge on any atom is -0.456 e. The summed E-state index contributed by atoms with van der Waals surface area (Å²) in [6, 6.07) is -0.792. The number of ether oxygens (including phenoxy) is 1. The number of hydrogen-bond donors (Lipinski definition) is 2. The van der Waals surface area contributed by atoms with E-state index in [0.717, 1.165) is 0 Å². The second-order valence-electron chi connectivity index (χ2n) is 4.86. The van der Waals surface area contributed by atoms with Gasteiger partial charge in [-0.3, -0.25) is 23.2 Å². The Labute approximate surface area is 148 Å². The van der Waals surface area contributed by atoms with E-state index in [-0.39, 0.29) is 32.3 Å². The van der Waals surface area contributed by atoms with Crippen molar-refractivity contribution in [2.24, 2.45) is 5.73 Å². The Hall–Kier alpha value is -1.51. The van der Waals surface area contributed by atoms with Crippen LogP contribution < -0.4 is 11.1 Å². The first-order chi connectivity index (χ1) is 11.8. The van der Waals surface area contributed by atoms with Crippen molar-refractivity contribution >= 4 is 19.7 Å². The molecule has 1 unspecified atom stereocenters. The number of carbonyl (C=O) groups excluding carboxylic acids is 2. The number of allylic oxidation sites excluding steroid dienone is 1. The zero-order valence-corrected chi connectivity index (χ0v) is 15.7. The van der Waals surface area contributed by atoms with Gasteiger partial charge in [0, 0.05) is 20.4 Å². The molecule has 3 atom stereocenters. The Bertz CT molecular complexity index is 510. The quantitative estimate of drug-likeness (QED) is 0.279. The van der Waals surface area contributed by atoms with Gasteiger partial charge in [-0.25, -0.2) is 4.57 Å². The number of nitrogens with one attached hydrogen (secondary N) is 1. The Morgan fingerprint density at radius 1 is 1.28 bits per heavy atom. The third-order valence-electron chi connectivity index (χ3n) is 2.60. The van der Waals surface area contributed by atoms with E-state index in [9.17, 15) is 14.2 Å². The molecule has 25 heavy (non-hydrogen) atoms. The Morgan fingerprint density at radius 3 is 2.44 bits per heavy atom. The fourth-order valence-corrected chi connectivity index (χ4v) is 2.89. The fourth-order valence-electron chi connectivity index (χ4n) is 1.71. The average Bonchev–Trinajstić information content (AvgIpc) is 2.54. The number of rotatable bonds is 13. The number of carbonyl (C=O) groups is 2. The van der Waals surface area contributed by atoms with Crippen molar-refractivity contribution in [3.8, 4) is 0 Å². The predicted octanol–water partition coefficient (Wildman–Crippen LogP) is 1.30. The zero-order valence-electron chi connectivity index (χ0n) is 14.8. The van der Waals surface area contributed by atoms with Crippen LogP contribution in [-0.4, -0.2) is 50.4 Å². The van der Waals surface area contributed by atoms with Crippen molar-refractivity contribution in [3.63, 3.8) is 0 Å². The number of hydrogen-bond acceptors (Lipinski definition) is 8. The van der Waals surface area contributed by atoms with E-state index in [2.05, 4.69) is 11.9 Å². The highest BCUT2D eigenvalue weighted by atomic mass is 31.2. The molecular weight excluding hydrogens is 351 g/mol. The molecule has 0 aliphatic heterocycles. The summed E-state index contributed by atoms with van der Waals surface area (Å²) in [5, 5.41) is 2.59. The lowest BCUT2D eigenvalue weighted by Gasteiger charge is -2.26. The van der Waals surface area contributed by atoms with E-state index in [1.54, 1.807) is 19.1 Å². The molecule has 0 aromatic rings. The van der Waals surface area contributed by atoms with E-state index >= 15 is 0 Å². The van der Waals surface area contributed by atoms with Gasteiger partial charge >= 0.3 is 13.8 Å². The van der Waals surface area contributed by atoms with Crippen molar-refractivity contribution in [1.29, 1.82) is 0 Å². The second-order valence-corrected chi connectivity index (χ2v) is 6.53. The van der Waals surface area contributed by atoms with Crippen molar-refractivity contribution in [3.05, 3.63) is 24.8 Å². The van der Waals surface area contributed by atoms with Crippen molar-refractivity contribution < 1.29 is 32.5 Å². The molecule has 0 fully saturated rings. The third-order valence-corrected chi connectivity index (χ3v) is 4.03. The van der Waals surface area contributed by atoms with Crippen LogP contribution >= 0.6 is 7.82 Å². The lowest BCUT2D eigenvalue weighted by Crippen LogP contribution is -2.46. The molecule has 3 N–H and O–H groups in total. The first kappa shape index (κ1) is 23.5. The molecule has 0 spiro atoms. The maximum atomic E-state index is 12.5. The van der Waals surface area contributed by atoms with Gasteiger partial charge in [-0.15, -0.1) is 6.58 Å². The van der Waals surface area contributed by atoms with Crippen molar-refractivity contribution in [1.82, 2.24) is 5.32 Å². The van der Waals surface area contributed by atoms with Gasteiger partial charge in [0.05, 0.1) is 25.9 Å². The van der Waals surface area contributed by atoms with E-state index in [1.807, 2.05) is 0 Å². The molecule has 0 saturated heterocycles. The summed E-state index contributed by atoms with van der Waals surface area (Å²) in [5.74, 6) is -0.913. The maximum Gasteiger partial charge on any atom is 0.475 e.